The van der Waals surface area contributed by atoms with Crippen LogP contribution in [0.2, 0.25) is 0 Å². The van der Waals surface area contributed by atoms with E-state index in [1.165, 1.54) is 0 Å². The molecule has 2 aromatic carbocycles. The number of benzene rings is 2. The van der Waals surface area contributed by atoms with Gasteiger partial charge in [0.25, 0.3) is 7.37 Å². The van der Waals surface area contributed by atoms with E-state index in [9.17, 15) is 4.57 Å². The molecule has 3 heteroatoms. The van der Waals surface area contributed by atoms with Gasteiger partial charge in [0.05, 0.1) is 5.30 Å². The Morgan fingerprint density at radius 2 is 1.71 bits per heavy atom. The number of hydrogen-bond donors (Lipinski definition) is 0. The third kappa shape index (κ3) is 1.52. The third-order valence-corrected chi connectivity index (χ3v) is 4.91. The van der Waals surface area contributed by atoms with E-state index in [2.05, 4.69) is 0 Å². The minimum Gasteiger partial charge on any atom is -0.439 e. The first kappa shape index (κ1) is 10.6. The van der Waals surface area contributed by atoms with E-state index < -0.39 is 7.37 Å². The Hall–Kier alpha value is -1.53. The summed E-state index contributed by atoms with van der Waals surface area (Å²) in [5.41, 5.74) is 3.09. The number of para-hydroxylation sites is 1. The van der Waals surface area contributed by atoms with Crippen molar-refractivity contribution >= 4 is 12.7 Å². The summed E-state index contributed by atoms with van der Waals surface area (Å²) in [6.07, 6.45) is 0. The Balaban J connectivity index is 2.40. The van der Waals surface area contributed by atoms with Gasteiger partial charge in [-0.05, 0) is 24.1 Å². The summed E-state index contributed by atoms with van der Waals surface area (Å²) in [6.45, 7) is 3.66. The molecule has 1 aliphatic heterocycles. The van der Waals surface area contributed by atoms with Crippen LogP contribution in [0, 0.1) is 6.92 Å². The second-order valence-corrected chi connectivity index (χ2v) is 6.76. The standard InChI is InChI=1S/C14H13O2P/c1-10-6-5-8-12-11-7-3-4-9-13(11)17(2,15)16-14(10)12/h3-9H,1-2H3. The number of rotatable bonds is 0. The Morgan fingerprint density at radius 1 is 1.00 bits per heavy atom. The zero-order valence-corrected chi connectivity index (χ0v) is 10.7. The lowest BCUT2D eigenvalue weighted by molar-refractivity contribution is 0.495. The van der Waals surface area contributed by atoms with E-state index in [0.717, 1.165) is 27.7 Å². The summed E-state index contributed by atoms with van der Waals surface area (Å²) >= 11 is 0. The molecule has 0 aromatic heterocycles. The highest BCUT2D eigenvalue weighted by Crippen LogP contribution is 2.52. The summed E-state index contributed by atoms with van der Waals surface area (Å²) in [7, 11) is -2.74. The van der Waals surface area contributed by atoms with Gasteiger partial charge in [-0.25, -0.2) is 0 Å². The Labute approximate surface area is 101 Å². The summed E-state index contributed by atoms with van der Waals surface area (Å²) in [4.78, 5) is 0. The lowest BCUT2D eigenvalue weighted by atomic mass is 10.0. The van der Waals surface area contributed by atoms with E-state index in [-0.39, 0.29) is 0 Å². The summed E-state index contributed by atoms with van der Waals surface area (Å²) in [5.74, 6) is 0.761. The molecular weight excluding hydrogens is 231 g/mol. The monoisotopic (exact) mass is 244 g/mol. The molecule has 17 heavy (non-hydrogen) atoms. The molecule has 1 unspecified atom stereocenters. The predicted molar refractivity (Wildman–Crippen MR) is 70.4 cm³/mol. The van der Waals surface area contributed by atoms with Crippen molar-refractivity contribution in [1.29, 1.82) is 0 Å². The van der Waals surface area contributed by atoms with Gasteiger partial charge in [-0.2, -0.15) is 0 Å². The van der Waals surface area contributed by atoms with Gasteiger partial charge in [0.1, 0.15) is 5.75 Å². The van der Waals surface area contributed by atoms with Crippen LogP contribution in [0.25, 0.3) is 11.1 Å². The lowest BCUT2D eigenvalue weighted by Gasteiger charge is -2.27. The number of aryl methyl sites for hydroxylation is 1. The van der Waals surface area contributed by atoms with Gasteiger partial charge in [0, 0.05) is 12.2 Å². The first-order valence-electron chi connectivity index (χ1n) is 5.56. The van der Waals surface area contributed by atoms with Crippen LogP contribution >= 0.6 is 7.37 Å². The molecule has 0 saturated carbocycles. The molecule has 1 heterocycles. The topological polar surface area (TPSA) is 26.3 Å². The molecule has 1 atom stereocenters. The van der Waals surface area contributed by atoms with Crippen LogP contribution in [0.4, 0.5) is 0 Å². The van der Waals surface area contributed by atoms with Crippen molar-refractivity contribution in [2.75, 3.05) is 6.66 Å². The highest BCUT2D eigenvalue weighted by Gasteiger charge is 2.31. The van der Waals surface area contributed by atoms with Crippen LogP contribution in [0.15, 0.2) is 42.5 Å². The minimum absolute atomic E-state index is 0.761. The van der Waals surface area contributed by atoms with Gasteiger partial charge in [-0.1, -0.05) is 36.4 Å². The van der Waals surface area contributed by atoms with Crippen molar-refractivity contribution in [2.24, 2.45) is 0 Å². The van der Waals surface area contributed by atoms with Crippen LogP contribution in [0.5, 0.6) is 5.75 Å². The van der Waals surface area contributed by atoms with Gasteiger partial charge < -0.3 is 4.52 Å². The van der Waals surface area contributed by atoms with Gasteiger partial charge in [-0.15, -0.1) is 0 Å². The molecule has 0 saturated heterocycles. The van der Waals surface area contributed by atoms with Crippen LogP contribution in [-0.4, -0.2) is 6.66 Å². The molecule has 0 amide bonds. The van der Waals surface area contributed by atoms with Gasteiger partial charge in [0.15, 0.2) is 0 Å². The van der Waals surface area contributed by atoms with Crippen LogP contribution < -0.4 is 9.83 Å². The van der Waals surface area contributed by atoms with Gasteiger partial charge >= 0.3 is 0 Å². The maximum Gasteiger partial charge on any atom is 0.274 e. The fourth-order valence-electron chi connectivity index (χ4n) is 2.26. The molecule has 2 aromatic rings. The molecule has 1 aliphatic rings. The molecule has 0 radical (unpaired) electrons. The smallest absolute Gasteiger partial charge is 0.274 e. The molecule has 0 fully saturated rings. The van der Waals surface area contributed by atoms with Crippen molar-refractivity contribution in [3.05, 3.63) is 48.0 Å². The maximum atomic E-state index is 12.5. The van der Waals surface area contributed by atoms with Crippen LogP contribution in [-0.2, 0) is 4.57 Å². The van der Waals surface area contributed by atoms with Crippen molar-refractivity contribution in [1.82, 2.24) is 0 Å². The van der Waals surface area contributed by atoms with Crippen molar-refractivity contribution in [3.63, 3.8) is 0 Å². The Kier molecular flexibility index (Phi) is 2.17. The summed E-state index contributed by atoms with van der Waals surface area (Å²) < 4.78 is 18.3. The minimum atomic E-state index is -2.74. The average Bonchev–Trinajstić information content (AvgIpc) is 2.31. The lowest BCUT2D eigenvalue weighted by Crippen LogP contribution is -2.17. The number of hydrogen-bond acceptors (Lipinski definition) is 2. The first-order chi connectivity index (χ1) is 8.09. The zero-order valence-electron chi connectivity index (χ0n) is 9.81. The van der Waals surface area contributed by atoms with E-state index >= 15 is 0 Å². The van der Waals surface area contributed by atoms with E-state index in [0.29, 0.717) is 0 Å². The average molecular weight is 244 g/mol. The summed E-state index contributed by atoms with van der Waals surface area (Å²) in [6, 6.07) is 13.8. The highest BCUT2D eigenvalue weighted by atomic mass is 31.2. The van der Waals surface area contributed by atoms with Crippen LogP contribution in [0.1, 0.15) is 5.56 Å². The molecule has 3 rings (SSSR count). The SMILES string of the molecule is Cc1cccc2c1OP(C)(=O)c1ccccc1-2. The largest absolute Gasteiger partial charge is 0.439 e. The number of fused-ring (bicyclic) bond motifs is 3. The van der Waals surface area contributed by atoms with Crippen LogP contribution in [0.3, 0.4) is 0 Å². The maximum absolute atomic E-state index is 12.5. The highest BCUT2D eigenvalue weighted by molar-refractivity contribution is 7.67. The molecule has 0 aliphatic carbocycles. The molecule has 0 spiro atoms. The van der Waals surface area contributed by atoms with Gasteiger partial charge in [0.2, 0.25) is 0 Å². The molecule has 2 nitrogen and oxygen atoms in total. The van der Waals surface area contributed by atoms with Crippen molar-refractivity contribution in [2.45, 2.75) is 6.92 Å². The van der Waals surface area contributed by atoms with E-state index in [1.54, 1.807) is 6.66 Å². The Morgan fingerprint density at radius 3 is 2.53 bits per heavy atom. The zero-order chi connectivity index (χ0) is 12.0. The van der Waals surface area contributed by atoms with Crippen molar-refractivity contribution in [3.8, 4) is 16.9 Å². The fourth-order valence-corrected chi connectivity index (χ4v) is 3.94. The third-order valence-electron chi connectivity index (χ3n) is 3.11. The second kappa shape index (κ2) is 3.48. The van der Waals surface area contributed by atoms with E-state index in [1.807, 2.05) is 49.4 Å². The molecule has 0 bridgehead atoms. The normalized spacial score (nSPS) is 21.3. The quantitative estimate of drug-likeness (QED) is 0.662. The van der Waals surface area contributed by atoms with E-state index in [4.69, 9.17) is 4.52 Å². The summed E-state index contributed by atoms with van der Waals surface area (Å²) in [5, 5.41) is 0.818. The van der Waals surface area contributed by atoms with Crippen molar-refractivity contribution < 1.29 is 9.09 Å². The first-order valence-corrected chi connectivity index (χ1v) is 7.63. The van der Waals surface area contributed by atoms with Gasteiger partial charge in [-0.3, -0.25) is 4.57 Å². The Bertz CT molecular complexity index is 646. The second-order valence-electron chi connectivity index (χ2n) is 4.41. The fraction of sp³-hybridized carbons (Fsp3) is 0.143. The molecule has 86 valence electrons. The molecule has 0 N–H and O–H groups in total. The molecular formula is C14H13O2P. The predicted octanol–water partition coefficient (Wildman–Crippen LogP) is 3.59.